The van der Waals surface area contributed by atoms with E-state index in [4.69, 9.17) is 0 Å². The molecular weight excluding hydrogens is 378 g/mol. The lowest BCUT2D eigenvalue weighted by atomic mass is 9.79. The van der Waals surface area contributed by atoms with Crippen LogP contribution >= 0.6 is 0 Å². The maximum Gasteiger partial charge on any atom is 0.256 e. The molecule has 3 aromatic rings. The Hall–Kier alpha value is -3.29. The van der Waals surface area contributed by atoms with Crippen molar-refractivity contribution in [3.8, 4) is 0 Å². The lowest BCUT2D eigenvalue weighted by Gasteiger charge is -2.36. The van der Waals surface area contributed by atoms with Crippen LogP contribution in [0.3, 0.4) is 0 Å². The Balaban J connectivity index is 1.72. The molecule has 0 bridgehead atoms. The van der Waals surface area contributed by atoms with Gasteiger partial charge in [-0.15, -0.1) is 10.2 Å². The molecule has 0 saturated carbocycles. The second-order valence-electron chi connectivity index (χ2n) is 8.12. The second kappa shape index (κ2) is 8.22. The van der Waals surface area contributed by atoms with Gasteiger partial charge in [-0.3, -0.25) is 9.48 Å². The lowest BCUT2D eigenvalue weighted by molar-refractivity contribution is -0.117. The van der Waals surface area contributed by atoms with Crippen molar-refractivity contribution in [1.82, 2.24) is 35.7 Å². The van der Waals surface area contributed by atoms with Gasteiger partial charge in [0, 0.05) is 24.7 Å². The largest absolute Gasteiger partial charge is 0.342 e. The van der Waals surface area contributed by atoms with Crippen molar-refractivity contribution in [2.75, 3.05) is 0 Å². The molecule has 0 spiro atoms. The SMILES string of the molecule is CCCCCn1cc(C2(C)CC(c3ccc(C)cc3)=C(c3nn[nH]n3)C(=O)N2)cn1. The van der Waals surface area contributed by atoms with Crippen LogP contribution in [-0.2, 0) is 16.9 Å². The number of nitrogens with zero attached hydrogens (tertiary/aromatic N) is 5. The Morgan fingerprint density at radius 1 is 1.20 bits per heavy atom. The molecule has 2 N–H and O–H groups in total. The Kier molecular flexibility index (Phi) is 5.48. The summed E-state index contributed by atoms with van der Waals surface area (Å²) < 4.78 is 1.96. The van der Waals surface area contributed by atoms with Gasteiger partial charge in [-0.1, -0.05) is 49.6 Å². The monoisotopic (exact) mass is 405 g/mol. The van der Waals surface area contributed by atoms with Gasteiger partial charge in [-0.2, -0.15) is 10.3 Å². The highest BCUT2D eigenvalue weighted by Gasteiger charge is 2.40. The molecule has 8 nitrogen and oxygen atoms in total. The molecule has 0 fully saturated rings. The maximum atomic E-state index is 13.2. The number of hydrogen-bond acceptors (Lipinski definition) is 5. The van der Waals surface area contributed by atoms with Crippen LogP contribution in [0.1, 0.15) is 62.0 Å². The minimum absolute atomic E-state index is 0.209. The summed E-state index contributed by atoms with van der Waals surface area (Å²) in [6, 6.07) is 8.17. The molecule has 8 heteroatoms. The average molecular weight is 406 g/mol. The summed E-state index contributed by atoms with van der Waals surface area (Å²) in [5.74, 6) is 0.0971. The molecule has 1 aliphatic rings. The molecule has 3 heterocycles. The Morgan fingerprint density at radius 2 is 2.00 bits per heavy atom. The second-order valence-corrected chi connectivity index (χ2v) is 8.12. The number of H-pyrrole nitrogens is 1. The van der Waals surface area contributed by atoms with Gasteiger partial charge in [0.2, 0.25) is 5.82 Å². The number of nitrogens with one attached hydrogen (secondary N) is 2. The number of aromatic nitrogens is 6. The number of aryl methyl sites for hydroxylation is 2. The number of tetrazole rings is 1. The van der Waals surface area contributed by atoms with E-state index in [9.17, 15) is 4.79 Å². The number of unbranched alkanes of at least 4 members (excludes halogenated alkanes) is 2. The molecule has 30 heavy (non-hydrogen) atoms. The topological polar surface area (TPSA) is 101 Å². The predicted octanol–water partition coefficient (Wildman–Crippen LogP) is 3.24. The molecule has 0 saturated heterocycles. The van der Waals surface area contributed by atoms with Crippen LogP contribution in [-0.4, -0.2) is 36.3 Å². The highest BCUT2D eigenvalue weighted by atomic mass is 16.2. The summed E-state index contributed by atoms with van der Waals surface area (Å²) in [5, 5.41) is 21.9. The normalized spacial score (nSPS) is 19.2. The molecule has 1 aliphatic heterocycles. The number of hydrogen-bond donors (Lipinski definition) is 2. The van der Waals surface area contributed by atoms with Crippen LogP contribution in [0.25, 0.3) is 11.1 Å². The Bertz CT molecular complexity index is 1050. The molecule has 1 unspecified atom stereocenters. The maximum absolute atomic E-state index is 13.2. The van der Waals surface area contributed by atoms with Crippen LogP contribution < -0.4 is 5.32 Å². The third-order valence-corrected chi connectivity index (χ3v) is 5.68. The summed E-state index contributed by atoms with van der Waals surface area (Å²) >= 11 is 0. The van der Waals surface area contributed by atoms with Crippen molar-refractivity contribution in [2.24, 2.45) is 0 Å². The van der Waals surface area contributed by atoms with E-state index in [0.29, 0.717) is 17.8 Å². The number of aromatic amines is 1. The van der Waals surface area contributed by atoms with Gasteiger partial charge in [0.15, 0.2) is 0 Å². The fraction of sp³-hybridized carbons (Fsp3) is 0.409. The number of carbonyl (C=O) groups is 1. The zero-order valence-corrected chi connectivity index (χ0v) is 17.6. The smallest absolute Gasteiger partial charge is 0.256 e. The fourth-order valence-corrected chi connectivity index (χ4v) is 3.91. The first kappa shape index (κ1) is 20.0. The van der Waals surface area contributed by atoms with E-state index in [1.54, 1.807) is 0 Å². The molecule has 1 amide bonds. The van der Waals surface area contributed by atoms with Gasteiger partial charge in [0.1, 0.15) is 0 Å². The predicted molar refractivity (Wildman–Crippen MR) is 114 cm³/mol. The third-order valence-electron chi connectivity index (χ3n) is 5.68. The number of amides is 1. The highest BCUT2D eigenvalue weighted by molar-refractivity contribution is 6.27. The van der Waals surface area contributed by atoms with E-state index < -0.39 is 5.54 Å². The van der Waals surface area contributed by atoms with Crippen molar-refractivity contribution in [1.29, 1.82) is 0 Å². The summed E-state index contributed by atoms with van der Waals surface area (Å²) in [6.07, 6.45) is 7.95. The van der Waals surface area contributed by atoms with E-state index in [2.05, 4.69) is 38.0 Å². The van der Waals surface area contributed by atoms with Crippen molar-refractivity contribution in [2.45, 2.75) is 58.5 Å². The highest BCUT2D eigenvalue weighted by Crippen LogP contribution is 2.40. The van der Waals surface area contributed by atoms with Gasteiger partial charge in [-0.05, 0) is 36.6 Å². The number of benzene rings is 1. The summed E-state index contributed by atoms with van der Waals surface area (Å²) in [6.45, 7) is 7.16. The molecule has 156 valence electrons. The Morgan fingerprint density at radius 3 is 2.70 bits per heavy atom. The first-order valence-corrected chi connectivity index (χ1v) is 10.4. The third kappa shape index (κ3) is 3.90. The molecule has 1 atom stereocenters. The minimum atomic E-state index is -0.576. The van der Waals surface area contributed by atoms with E-state index in [1.807, 2.05) is 55.2 Å². The van der Waals surface area contributed by atoms with Crippen molar-refractivity contribution in [3.63, 3.8) is 0 Å². The first-order chi connectivity index (χ1) is 14.5. The molecule has 0 aliphatic carbocycles. The molecule has 0 radical (unpaired) electrons. The van der Waals surface area contributed by atoms with Crippen LogP contribution in [0.4, 0.5) is 0 Å². The average Bonchev–Trinajstić information content (AvgIpc) is 3.41. The van der Waals surface area contributed by atoms with Gasteiger partial charge >= 0.3 is 0 Å². The zero-order chi connectivity index (χ0) is 21.1. The van der Waals surface area contributed by atoms with Crippen molar-refractivity contribution in [3.05, 3.63) is 59.2 Å². The summed E-state index contributed by atoms with van der Waals surface area (Å²) in [7, 11) is 0. The van der Waals surface area contributed by atoms with Gasteiger partial charge in [0.05, 0.1) is 17.3 Å². The number of carbonyl (C=O) groups excluding carboxylic acids is 1. The van der Waals surface area contributed by atoms with Gasteiger partial charge < -0.3 is 5.32 Å². The van der Waals surface area contributed by atoms with Crippen molar-refractivity contribution < 1.29 is 4.79 Å². The molecule has 4 rings (SSSR count). The molecule has 1 aromatic carbocycles. The zero-order valence-electron chi connectivity index (χ0n) is 17.6. The first-order valence-electron chi connectivity index (χ1n) is 10.4. The molecule has 2 aromatic heterocycles. The summed E-state index contributed by atoms with van der Waals surface area (Å²) in [5.41, 5.74) is 3.92. The number of rotatable bonds is 7. The van der Waals surface area contributed by atoms with Crippen LogP contribution in [0.15, 0.2) is 36.7 Å². The lowest BCUT2D eigenvalue weighted by Crippen LogP contribution is -2.47. The quantitative estimate of drug-likeness (QED) is 0.588. The van der Waals surface area contributed by atoms with Crippen LogP contribution in [0.2, 0.25) is 0 Å². The summed E-state index contributed by atoms with van der Waals surface area (Å²) in [4.78, 5) is 13.2. The van der Waals surface area contributed by atoms with Gasteiger partial charge in [-0.25, -0.2) is 0 Å². The van der Waals surface area contributed by atoms with E-state index in [-0.39, 0.29) is 5.91 Å². The van der Waals surface area contributed by atoms with E-state index >= 15 is 0 Å². The van der Waals surface area contributed by atoms with E-state index in [1.165, 1.54) is 12.8 Å². The standard InChI is InChI=1S/C22H27N7O/c1-4-5-6-11-29-14-17(13-23-29)22(3)12-18(16-9-7-15(2)8-10-16)19(21(30)24-22)20-25-27-28-26-20/h7-10,13-14H,4-6,11-12H2,1-3H3,(H,24,30)(H,25,26,27,28). The Labute approximate surface area is 175 Å². The van der Waals surface area contributed by atoms with Crippen LogP contribution in [0, 0.1) is 6.92 Å². The van der Waals surface area contributed by atoms with E-state index in [0.717, 1.165) is 35.2 Å². The van der Waals surface area contributed by atoms with Gasteiger partial charge in [0.25, 0.3) is 5.91 Å². The van der Waals surface area contributed by atoms with Crippen molar-refractivity contribution >= 4 is 17.1 Å². The molecular formula is C22H27N7O. The minimum Gasteiger partial charge on any atom is -0.342 e. The fourth-order valence-electron chi connectivity index (χ4n) is 3.91. The van der Waals surface area contributed by atoms with Crippen LogP contribution in [0.5, 0.6) is 0 Å².